The van der Waals surface area contributed by atoms with Gasteiger partial charge in [-0.25, -0.2) is 4.98 Å². The number of rotatable bonds is 4. The van der Waals surface area contributed by atoms with Gasteiger partial charge in [-0.3, -0.25) is 14.2 Å². The summed E-state index contributed by atoms with van der Waals surface area (Å²) in [5.74, 6) is -0.254. The van der Waals surface area contributed by atoms with Crippen LogP contribution in [0.5, 0.6) is 0 Å². The maximum atomic E-state index is 12.3. The van der Waals surface area contributed by atoms with Crippen molar-refractivity contribution in [2.75, 3.05) is 13.6 Å². The Morgan fingerprint density at radius 2 is 2.29 bits per heavy atom. The molecule has 1 aromatic heterocycles. The van der Waals surface area contributed by atoms with Crippen molar-refractivity contribution in [3.05, 3.63) is 39.9 Å². The van der Waals surface area contributed by atoms with Gasteiger partial charge in [0.25, 0.3) is 5.56 Å². The molecule has 2 aromatic rings. The second kappa shape index (κ2) is 6.37. The molecule has 1 amide bonds. The van der Waals surface area contributed by atoms with E-state index in [4.69, 9.17) is 16.9 Å². The van der Waals surface area contributed by atoms with E-state index in [9.17, 15) is 9.59 Å². The fourth-order valence-electron chi connectivity index (χ4n) is 1.85. The first kappa shape index (κ1) is 15.0. The Hall–Kier alpha value is -2.39. The third-order valence-corrected chi connectivity index (χ3v) is 3.31. The van der Waals surface area contributed by atoms with E-state index in [2.05, 4.69) is 4.98 Å². The minimum Gasteiger partial charge on any atom is -0.343 e. The molecule has 0 aliphatic carbocycles. The number of fused-ring (bicyclic) bond motifs is 1. The number of benzene rings is 1. The molecule has 0 aliphatic rings. The zero-order valence-corrected chi connectivity index (χ0v) is 12.2. The van der Waals surface area contributed by atoms with Gasteiger partial charge in [0.05, 0.1) is 29.7 Å². The van der Waals surface area contributed by atoms with Crippen LogP contribution in [0.3, 0.4) is 0 Å². The van der Waals surface area contributed by atoms with Crippen molar-refractivity contribution in [3.8, 4) is 6.07 Å². The van der Waals surface area contributed by atoms with E-state index < -0.39 is 0 Å². The van der Waals surface area contributed by atoms with Gasteiger partial charge in [0, 0.05) is 18.6 Å². The Kier molecular flexibility index (Phi) is 4.55. The first-order chi connectivity index (χ1) is 10.0. The number of halogens is 1. The molecular formula is C14H13ClN4O2. The van der Waals surface area contributed by atoms with Gasteiger partial charge in [0.2, 0.25) is 5.91 Å². The molecule has 0 saturated heterocycles. The standard InChI is InChI=1S/C14H13ClN4O2/c1-18(6-2-5-16)13(20)8-19-9-17-12-4-3-10(15)7-11(12)14(19)21/h3-4,7,9H,2,6,8H2,1H3. The van der Waals surface area contributed by atoms with Crippen LogP contribution in [0.25, 0.3) is 10.9 Å². The number of carbonyl (C=O) groups is 1. The van der Waals surface area contributed by atoms with Crippen molar-refractivity contribution in [2.24, 2.45) is 0 Å². The smallest absolute Gasteiger partial charge is 0.261 e. The Morgan fingerprint density at radius 3 is 3.00 bits per heavy atom. The number of hydrogen-bond donors (Lipinski definition) is 0. The maximum Gasteiger partial charge on any atom is 0.261 e. The summed E-state index contributed by atoms with van der Waals surface area (Å²) in [4.78, 5) is 29.8. The number of aromatic nitrogens is 2. The van der Waals surface area contributed by atoms with Crippen LogP contribution in [0.1, 0.15) is 6.42 Å². The van der Waals surface area contributed by atoms with Crippen molar-refractivity contribution in [2.45, 2.75) is 13.0 Å². The van der Waals surface area contributed by atoms with Gasteiger partial charge in [-0.15, -0.1) is 0 Å². The van der Waals surface area contributed by atoms with Crippen LogP contribution in [-0.2, 0) is 11.3 Å². The summed E-state index contributed by atoms with van der Waals surface area (Å²) >= 11 is 5.87. The van der Waals surface area contributed by atoms with Crippen molar-refractivity contribution >= 4 is 28.4 Å². The van der Waals surface area contributed by atoms with Gasteiger partial charge in [-0.05, 0) is 18.2 Å². The largest absolute Gasteiger partial charge is 0.343 e. The highest BCUT2D eigenvalue weighted by atomic mass is 35.5. The van der Waals surface area contributed by atoms with Crippen molar-refractivity contribution < 1.29 is 4.79 Å². The molecule has 2 rings (SSSR count). The monoisotopic (exact) mass is 304 g/mol. The highest BCUT2D eigenvalue weighted by Crippen LogP contribution is 2.14. The normalized spacial score (nSPS) is 10.3. The Balaban J connectivity index is 2.27. The van der Waals surface area contributed by atoms with Crippen molar-refractivity contribution in [1.29, 1.82) is 5.26 Å². The summed E-state index contributed by atoms with van der Waals surface area (Å²) in [5.41, 5.74) is 0.218. The maximum absolute atomic E-state index is 12.3. The molecule has 1 aromatic carbocycles. The topological polar surface area (TPSA) is 79.0 Å². The highest BCUT2D eigenvalue weighted by molar-refractivity contribution is 6.31. The zero-order chi connectivity index (χ0) is 15.4. The molecule has 0 saturated carbocycles. The van der Waals surface area contributed by atoms with Gasteiger partial charge in [0.1, 0.15) is 6.54 Å². The molecule has 0 radical (unpaired) electrons. The third kappa shape index (κ3) is 3.38. The fraction of sp³-hybridized carbons (Fsp3) is 0.286. The van der Waals surface area contributed by atoms with Gasteiger partial charge in [-0.2, -0.15) is 5.26 Å². The quantitative estimate of drug-likeness (QED) is 0.855. The number of likely N-dealkylation sites (N-methyl/N-ethyl adjacent to an activating group) is 1. The van der Waals surface area contributed by atoms with E-state index in [-0.39, 0.29) is 24.4 Å². The molecule has 0 spiro atoms. The highest BCUT2D eigenvalue weighted by Gasteiger charge is 2.12. The van der Waals surface area contributed by atoms with E-state index in [1.165, 1.54) is 21.9 Å². The number of amides is 1. The number of hydrogen-bond acceptors (Lipinski definition) is 4. The summed E-state index contributed by atoms with van der Waals surface area (Å²) in [7, 11) is 1.59. The summed E-state index contributed by atoms with van der Waals surface area (Å²) in [6.07, 6.45) is 1.59. The van der Waals surface area contributed by atoms with Gasteiger partial charge < -0.3 is 4.90 Å². The van der Waals surface area contributed by atoms with E-state index in [0.717, 1.165) is 0 Å². The SMILES string of the molecule is CN(CCC#N)C(=O)Cn1cnc2ccc(Cl)cc2c1=O. The molecule has 0 unspecified atom stereocenters. The Labute approximate surface area is 126 Å². The van der Waals surface area contributed by atoms with E-state index in [1.807, 2.05) is 6.07 Å². The van der Waals surface area contributed by atoms with Crippen LogP contribution in [0.15, 0.2) is 29.3 Å². The van der Waals surface area contributed by atoms with Crippen molar-refractivity contribution in [1.82, 2.24) is 14.5 Å². The lowest BCUT2D eigenvalue weighted by molar-refractivity contribution is -0.130. The van der Waals surface area contributed by atoms with E-state index >= 15 is 0 Å². The molecule has 1 heterocycles. The van der Waals surface area contributed by atoms with Crippen LogP contribution in [0, 0.1) is 11.3 Å². The predicted octanol–water partition coefficient (Wildman–Crippen LogP) is 1.42. The lowest BCUT2D eigenvalue weighted by atomic mass is 10.2. The van der Waals surface area contributed by atoms with Gasteiger partial charge in [0.15, 0.2) is 0 Å². The molecule has 7 heteroatoms. The lowest BCUT2D eigenvalue weighted by Crippen LogP contribution is -2.34. The molecule has 0 fully saturated rings. The minimum atomic E-state index is -0.315. The lowest BCUT2D eigenvalue weighted by Gasteiger charge is -2.16. The van der Waals surface area contributed by atoms with Crippen molar-refractivity contribution in [3.63, 3.8) is 0 Å². The van der Waals surface area contributed by atoms with Crippen LogP contribution in [0.2, 0.25) is 5.02 Å². The second-order valence-electron chi connectivity index (χ2n) is 4.56. The Bertz CT molecular complexity index is 779. The molecule has 6 nitrogen and oxygen atoms in total. The average Bonchev–Trinajstić information content (AvgIpc) is 2.48. The second-order valence-corrected chi connectivity index (χ2v) is 5.00. The first-order valence-electron chi connectivity index (χ1n) is 6.28. The Morgan fingerprint density at radius 1 is 1.52 bits per heavy atom. The van der Waals surface area contributed by atoms with E-state index in [0.29, 0.717) is 22.5 Å². The van der Waals surface area contributed by atoms with Crippen LogP contribution >= 0.6 is 11.6 Å². The van der Waals surface area contributed by atoms with Gasteiger partial charge in [-0.1, -0.05) is 11.6 Å². The number of nitrogens with zero attached hydrogens (tertiary/aromatic N) is 4. The van der Waals surface area contributed by atoms with Crippen LogP contribution in [0.4, 0.5) is 0 Å². The minimum absolute atomic E-state index is 0.115. The molecule has 0 aliphatic heterocycles. The number of nitriles is 1. The molecular weight excluding hydrogens is 292 g/mol. The average molecular weight is 305 g/mol. The zero-order valence-electron chi connectivity index (χ0n) is 11.4. The molecule has 108 valence electrons. The summed E-state index contributed by atoms with van der Waals surface area (Å²) in [6, 6.07) is 6.82. The predicted molar refractivity (Wildman–Crippen MR) is 78.9 cm³/mol. The third-order valence-electron chi connectivity index (χ3n) is 3.08. The summed E-state index contributed by atoms with van der Waals surface area (Å²) in [6.45, 7) is 0.215. The molecule has 0 atom stereocenters. The molecule has 0 bridgehead atoms. The number of carbonyl (C=O) groups excluding carboxylic acids is 1. The van der Waals surface area contributed by atoms with E-state index in [1.54, 1.807) is 19.2 Å². The van der Waals surface area contributed by atoms with Gasteiger partial charge >= 0.3 is 0 Å². The molecule has 21 heavy (non-hydrogen) atoms. The summed E-state index contributed by atoms with van der Waals surface area (Å²) < 4.78 is 1.24. The molecule has 0 N–H and O–H groups in total. The first-order valence-corrected chi connectivity index (χ1v) is 6.66. The summed E-state index contributed by atoms with van der Waals surface area (Å²) in [5, 5.41) is 9.32. The van der Waals surface area contributed by atoms with Crippen LogP contribution < -0.4 is 5.56 Å². The fourth-order valence-corrected chi connectivity index (χ4v) is 2.02. The van der Waals surface area contributed by atoms with Crippen LogP contribution in [-0.4, -0.2) is 34.0 Å².